The average Bonchev–Trinajstić information content (AvgIpc) is 3.39. The quantitative estimate of drug-likeness (QED) is 0.200. The van der Waals surface area contributed by atoms with Crippen LogP contribution in [0.3, 0.4) is 0 Å². The highest BCUT2D eigenvalue weighted by Gasteiger charge is 2.26. The van der Waals surface area contributed by atoms with Crippen LogP contribution in [0.5, 0.6) is 0 Å². The van der Waals surface area contributed by atoms with Gasteiger partial charge in [0, 0.05) is 24.7 Å². The van der Waals surface area contributed by atoms with E-state index in [1.165, 1.54) is 16.7 Å². The minimum absolute atomic E-state index is 0.114. The highest BCUT2D eigenvalue weighted by molar-refractivity contribution is 5.84. The van der Waals surface area contributed by atoms with Gasteiger partial charge in [0.2, 0.25) is 5.95 Å². The van der Waals surface area contributed by atoms with E-state index in [4.69, 9.17) is 14.7 Å². The third kappa shape index (κ3) is 7.57. The molecule has 0 unspecified atom stereocenters. The summed E-state index contributed by atoms with van der Waals surface area (Å²) in [5.41, 5.74) is 4.79. The number of alkyl carbamates (subject to hydrolysis) is 1. The second-order valence-electron chi connectivity index (χ2n) is 12.4. The number of ether oxygens (including phenoxy) is 1. The fraction of sp³-hybridized carbons (Fsp3) is 0.455. The van der Waals surface area contributed by atoms with Crippen molar-refractivity contribution in [3.63, 3.8) is 0 Å². The molecule has 0 atom stereocenters. The number of nitrogens with one attached hydrogen (secondary N) is 3. The monoisotopic (exact) mass is 569 g/mol. The molecule has 0 spiro atoms. The van der Waals surface area contributed by atoms with Gasteiger partial charge in [0.25, 0.3) is 0 Å². The number of amides is 1. The molecule has 2 aromatic heterocycles. The Labute approximate surface area is 248 Å². The topological polar surface area (TPSA) is 106 Å². The zero-order chi connectivity index (χ0) is 29.7. The summed E-state index contributed by atoms with van der Waals surface area (Å²) >= 11 is 0. The zero-order valence-electron chi connectivity index (χ0n) is 25.4. The van der Waals surface area contributed by atoms with Crippen LogP contribution in [0.2, 0.25) is 0 Å². The van der Waals surface area contributed by atoms with Crippen LogP contribution in [0.15, 0.2) is 60.9 Å². The van der Waals surface area contributed by atoms with Crippen molar-refractivity contribution in [2.45, 2.75) is 90.4 Å². The van der Waals surface area contributed by atoms with Gasteiger partial charge in [-0.25, -0.2) is 9.78 Å². The number of imidazole rings is 1. The van der Waals surface area contributed by atoms with Crippen molar-refractivity contribution in [1.29, 1.82) is 0 Å². The maximum absolute atomic E-state index is 12.2. The van der Waals surface area contributed by atoms with E-state index in [0.717, 1.165) is 55.6 Å². The van der Waals surface area contributed by atoms with Crippen LogP contribution in [0.25, 0.3) is 22.3 Å². The zero-order valence-corrected chi connectivity index (χ0v) is 25.4. The summed E-state index contributed by atoms with van der Waals surface area (Å²) in [6.45, 7) is 10.6. The molecule has 1 aliphatic rings. The first-order chi connectivity index (χ1) is 20.1. The van der Waals surface area contributed by atoms with Gasteiger partial charge in [-0.2, -0.15) is 9.97 Å². The predicted octanol–water partition coefficient (Wildman–Crippen LogP) is 6.98. The summed E-state index contributed by atoms with van der Waals surface area (Å²) in [5, 5.41) is 10.1. The molecule has 9 heteroatoms. The van der Waals surface area contributed by atoms with Crippen LogP contribution in [-0.2, 0) is 11.2 Å². The number of fused-ring (bicyclic) bond motifs is 1. The van der Waals surface area contributed by atoms with Crippen LogP contribution in [0, 0.1) is 0 Å². The SMILES string of the molecule is CC(C)n1cnc2c(NCCc3ccc(-c4ccccc4)cc3)nc(NC3CCC(NC(=O)OC(C)(C)C)CC3)nc21. The van der Waals surface area contributed by atoms with Crippen molar-refractivity contribution in [1.82, 2.24) is 24.8 Å². The van der Waals surface area contributed by atoms with E-state index in [1.54, 1.807) is 0 Å². The van der Waals surface area contributed by atoms with Crippen molar-refractivity contribution < 1.29 is 9.53 Å². The van der Waals surface area contributed by atoms with E-state index in [0.29, 0.717) is 5.95 Å². The second kappa shape index (κ2) is 12.8. The Morgan fingerprint density at radius 1 is 0.952 bits per heavy atom. The van der Waals surface area contributed by atoms with Gasteiger partial charge in [0.05, 0.1) is 6.33 Å². The van der Waals surface area contributed by atoms with E-state index < -0.39 is 5.60 Å². The lowest BCUT2D eigenvalue weighted by Gasteiger charge is -2.30. The van der Waals surface area contributed by atoms with Crippen molar-refractivity contribution in [2.75, 3.05) is 17.2 Å². The van der Waals surface area contributed by atoms with E-state index in [2.05, 4.69) is 87.9 Å². The predicted molar refractivity (Wildman–Crippen MR) is 169 cm³/mol. The lowest BCUT2D eigenvalue weighted by Crippen LogP contribution is -2.42. The number of benzene rings is 2. The fourth-order valence-electron chi connectivity index (χ4n) is 5.34. The van der Waals surface area contributed by atoms with Crippen LogP contribution >= 0.6 is 0 Å². The summed E-state index contributed by atoms with van der Waals surface area (Å²) in [4.78, 5) is 26.6. The Morgan fingerprint density at radius 2 is 1.62 bits per heavy atom. The first kappa shape index (κ1) is 29.4. The maximum Gasteiger partial charge on any atom is 0.407 e. The van der Waals surface area contributed by atoms with Gasteiger partial charge in [-0.1, -0.05) is 54.6 Å². The van der Waals surface area contributed by atoms with Crippen molar-refractivity contribution in [3.8, 4) is 11.1 Å². The van der Waals surface area contributed by atoms with Crippen LogP contribution in [-0.4, -0.2) is 49.8 Å². The van der Waals surface area contributed by atoms with Gasteiger partial charge in [0.15, 0.2) is 17.0 Å². The van der Waals surface area contributed by atoms with E-state index in [9.17, 15) is 4.79 Å². The minimum Gasteiger partial charge on any atom is -0.444 e. The van der Waals surface area contributed by atoms with Crippen LogP contribution in [0.1, 0.15) is 71.9 Å². The number of carbonyl (C=O) groups is 1. The normalized spacial score (nSPS) is 17.3. The van der Waals surface area contributed by atoms with Gasteiger partial charge >= 0.3 is 6.09 Å². The third-order valence-corrected chi connectivity index (χ3v) is 7.53. The van der Waals surface area contributed by atoms with Gasteiger partial charge in [-0.05, 0) is 83.4 Å². The standard InChI is InChI=1S/C33H43N7O2/c1-22(2)40-21-35-28-29(34-20-19-23-11-13-25(14-12-23)24-9-7-6-8-10-24)38-31(39-30(28)40)36-26-15-17-27(18-16-26)37-32(41)42-33(3,4)5/h6-14,21-22,26-27H,15-20H2,1-5H3,(H,37,41)(H2,34,36,38,39). The molecule has 0 bridgehead atoms. The van der Waals surface area contributed by atoms with Crippen LogP contribution in [0.4, 0.5) is 16.6 Å². The highest BCUT2D eigenvalue weighted by Crippen LogP contribution is 2.27. The van der Waals surface area contributed by atoms with Crippen LogP contribution < -0.4 is 16.0 Å². The second-order valence-corrected chi connectivity index (χ2v) is 12.4. The summed E-state index contributed by atoms with van der Waals surface area (Å²) < 4.78 is 7.50. The Morgan fingerprint density at radius 3 is 2.29 bits per heavy atom. The molecule has 1 amide bonds. The Bertz CT molecular complexity index is 1470. The molecular formula is C33H43N7O2. The largest absolute Gasteiger partial charge is 0.444 e. The lowest BCUT2D eigenvalue weighted by molar-refractivity contribution is 0.0492. The molecule has 222 valence electrons. The number of aromatic nitrogens is 4. The van der Waals surface area contributed by atoms with E-state index in [1.807, 2.05) is 33.2 Å². The average molecular weight is 570 g/mol. The maximum atomic E-state index is 12.2. The summed E-state index contributed by atoms with van der Waals surface area (Å²) in [7, 11) is 0. The lowest BCUT2D eigenvalue weighted by atomic mass is 9.91. The van der Waals surface area contributed by atoms with Crippen molar-refractivity contribution >= 4 is 29.0 Å². The molecule has 2 heterocycles. The Kier molecular flexibility index (Phi) is 8.94. The molecule has 1 aliphatic carbocycles. The molecule has 4 aromatic rings. The Balaban J connectivity index is 1.22. The van der Waals surface area contributed by atoms with Gasteiger partial charge in [0.1, 0.15) is 5.60 Å². The molecular weight excluding hydrogens is 526 g/mol. The highest BCUT2D eigenvalue weighted by atomic mass is 16.6. The molecule has 3 N–H and O–H groups in total. The van der Waals surface area contributed by atoms with E-state index in [-0.39, 0.29) is 24.2 Å². The molecule has 0 radical (unpaired) electrons. The number of hydrogen-bond acceptors (Lipinski definition) is 7. The summed E-state index contributed by atoms with van der Waals surface area (Å²) in [6, 6.07) is 19.7. The van der Waals surface area contributed by atoms with Gasteiger partial charge in [-0.15, -0.1) is 0 Å². The molecule has 2 aromatic carbocycles. The molecule has 42 heavy (non-hydrogen) atoms. The number of nitrogens with zero attached hydrogens (tertiary/aromatic N) is 4. The Hall–Kier alpha value is -4.14. The molecule has 1 fully saturated rings. The number of rotatable bonds is 9. The molecule has 0 saturated heterocycles. The van der Waals surface area contributed by atoms with Crippen molar-refractivity contribution in [3.05, 3.63) is 66.5 Å². The van der Waals surface area contributed by atoms with Gasteiger partial charge < -0.3 is 25.3 Å². The minimum atomic E-state index is -0.500. The first-order valence-electron chi connectivity index (χ1n) is 15.0. The molecule has 0 aliphatic heterocycles. The van der Waals surface area contributed by atoms with E-state index >= 15 is 0 Å². The molecule has 1 saturated carbocycles. The fourth-order valence-corrected chi connectivity index (χ4v) is 5.34. The molecule has 5 rings (SSSR count). The first-order valence-corrected chi connectivity index (χ1v) is 15.0. The van der Waals surface area contributed by atoms with Crippen molar-refractivity contribution in [2.24, 2.45) is 0 Å². The third-order valence-electron chi connectivity index (χ3n) is 7.53. The number of hydrogen-bond donors (Lipinski definition) is 3. The van der Waals surface area contributed by atoms with Gasteiger partial charge in [-0.3, -0.25) is 0 Å². The molecule has 9 nitrogen and oxygen atoms in total. The summed E-state index contributed by atoms with van der Waals surface area (Å²) in [6.07, 6.45) is 5.92. The number of carbonyl (C=O) groups excluding carboxylic acids is 1. The number of anilines is 2. The summed E-state index contributed by atoms with van der Waals surface area (Å²) in [5.74, 6) is 1.34. The smallest absolute Gasteiger partial charge is 0.407 e.